The van der Waals surface area contributed by atoms with E-state index in [0.29, 0.717) is 5.82 Å². The molecule has 3 N–H and O–H groups in total. The van der Waals surface area contributed by atoms with Crippen LogP contribution in [0.5, 0.6) is 0 Å². The standard InChI is InChI=1S/C13H13N5/c14-13-11(8-15-9-16-13)17-18-7-6-12(18)10-4-2-1-3-5-10/h1-6,8-9,17H,7H2,(H2,14,15,16). The van der Waals surface area contributed by atoms with Gasteiger partial charge in [0.1, 0.15) is 12.0 Å². The third kappa shape index (κ3) is 1.86. The first-order chi connectivity index (χ1) is 8.84. The van der Waals surface area contributed by atoms with Crippen LogP contribution in [0.2, 0.25) is 0 Å². The van der Waals surface area contributed by atoms with Crippen LogP contribution in [-0.4, -0.2) is 21.5 Å². The van der Waals surface area contributed by atoms with E-state index in [-0.39, 0.29) is 0 Å². The number of hydrogen-bond acceptors (Lipinski definition) is 5. The van der Waals surface area contributed by atoms with Gasteiger partial charge in [0.2, 0.25) is 0 Å². The maximum Gasteiger partial charge on any atom is 0.152 e. The third-order valence-electron chi connectivity index (χ3n) is 2.83. The first-order valence-corrected chi connectivity index (χ1v) is 5.70. The number of hydrogen-bond donors (Lipinski definition) is 2. The minimum absolute atomic E-state index is 0.448. The SMILES string of the molecule is Nc1ncncc1NN1CC=C1c1ccccc1. The molecule has 0 amide bonds. The van der Waals surface area contributed by atoms with E-state index < -0.39 is 0 Å². The van der Waals surface area contributed by atoms with E-state index in [9.17, 15) is 0 Å². The zero-order chi connectivity index (χ0) is 12.4. The van der Waals surface area contributed by atoms with E-state index in [0.717, 1.165) is 17.9 Å². The first-order valence-electron chi connectivity index (χ1n) is 5.70. The van der Waals surface area contributed by atoms with Crippen LogP contribution in [0.1, 0.15) is 5.56 Å². The van der Waals surface area contributed by atoms with Gasteiger partial charge >= 0.3 is 0 Å². The van der Waals surface area contributed by atoms with Crippen LogP contribution in [0.25, 0.3) is 5.70 Å². The van der Waals surface area contributed by atoms with Crippen LogP contribution in [0.15, 0.2) is 48.9 Å². The fourth-order valence-electron chi connectivity index (χ4n) is 1.83. The second kappa shape index (κ2) is 4.37. The molecule has 0 radical (unpaired) electrons. The molecular weight excluding hydrogens is 226 g/mol. The van der Waals surface area contributed by atoms with E-state index in [1.54, 1.807) is 6.20 Å². The average molecular weight is 239 g/mol. The zero-order valence-electron chi connectivity index (χ0n) is 9.74. The van der Waals surface area contributed by atoms with Crippen molar-refractivity contribution in [3.05, 3.63) is 54.5 Å². The lowest BCUT2D eigenvalue weighted by atomic mass is 10.1. The van der Waals surface area contributed by atoms with Gasteiger partial charge in [-0.15, -0.1) is 0 Å². The number of nitrogens with zero attached hydrogens (tertiary/aromatic N) is 3. The summed E-state index contributed by atoms with van der Waals surface area (Å²) in [6.07, 6.45) is 5.26. The van der Waals surface area contributed by atoms with Gasteiger partial charge in [-0.2, -0.15) is 0 Å². The molecule has 0 spiro atoms. The van der Waals surface area contributed by atoms with Crippen LogP contribution < -0.4 is 11.2 Å². The van der Waals surface area contributed by atoms with Crippen molar-refractivity contribution in [3.8, 4) is 0 Å². The summed E-state index contributed by atoms with van der Waals surface area (Å²) >= 11 is 0. The van der Waals surface area contributed by atoms with Crippen LogP contribution >= 0.6 is 0 Å². The number of aromatic nitrogens is 2. The van der Waals surface area contributed by atoms with E-state index in [4.69, 9.17) is 5.73 Å². The fraction of sp³-hybridized carbons (Fsp3) is 0.0769. The summed E-state index contributed by atoms with van der Waals surface area (Å²) < 4.78 is 0. The Morgan fingerprint density at radius 3 is 2.72 bits per heavy atom. The number of nitrogens with two attached hydrogens (primary N) is 1. The summed E-state index contributed by atoms with van der Waals surface area (Å²) in [6.45, 7) is 0.832. The molecular formula is C13H13N5. The molecule has 2 aromatic rings. The monoisotopic (exact) mass is 239 g/mol. The van der Waals surface area contributed by atoms with E-state index >= 15 is 0 Å². The molecule has 5 heteroatoms. The highest BCUT2D eigenvalue weighted by Gasteiger charge is 2.19. The molecule has 0 bridgehead atoms. The number of anilines is 2. The molecule has 1 aliphatic heterocycles. The summed E-state index contributed by atoms with van der Waals surface area (Å²) in [4.78, 5) is 7.90. The lowest BCUT2D eigenvalue weighted by Gasteiger charge is -2.34. The molecule has 0 saturated heterocycles. The van der Waals surface area contributed by atoms with Gasteiger partial charge in [0.15, 0.2) is 5.82 Å². The average Bonchev–Trinajstić information content (AvgIpc) is 2.38. The van der Waals surface area contributed by atoms with Crippen molar-refractivity contribution in [2.45, 2.75) is 0 Å². The van der Waals surface area contributed by atoms with Crippen molar-refractivity contribution in [3.63, 3.8) is 0 Å². The van der Waals surface area contributed by atoms with Crippen molar-refractivity contribution in [2.24, 2.45) is 0 Å². The smallest absolute Gasteiger partial charge is 0.152 e. The Hall–Kier alpha value is -2.56. The molecule has 90 valence electrons. The second-order valence-corrected chi connectivity index (χ2v) is 4.00. The number of nitrogens with one attached hydrogen (secondary N) is 1. The summed E-state index contributed by atoms with van der Waals surface area (Å²) in [6, 6.07) is 10.2. The summed E-state index contributed by atoms with van der Waals surface area (Å²) in [7, 11) is 0. The van der Waals surface area contributed by atoms with E-state index in [2.05, 4.69) is 33.6 Å². The molecule has 2 heterocycles. The Bertz CT molecular complexity index is 579. The van der Waals surface area contributed by atoms with Crippen molar-refractivity contribution in [2.75, 3.05) is 17.7 Å². The second-order valence-electron chi connectivity index (χ2n) is 4.00. The minimum Gasteiger partial charge on any atom is -0.382 e. The van der Waals surface area contributed by atoms with Gasteiger partial charge in [0.25, 0.3) is 0 Å². The van der Waals surface area contributed by atoms with Crippen molar-refractivity contribution < 1.29 is 0 Å². The molecule has 1 aliphatic rings. The Balaban J connectivity index is 1.77. The molecule has 0 atom stereocenters. The number of benzene rings is 1. The Kier molecular flexibility index (Phi) is 2.57. The summed E-state index contributed by atoms with van der Waals surface area (Å²) in [5, 5.41) is 2.02. The molecule has 5 nitrogen and oxygen atoms in total. The topological polar surface area (TPSA) is 67.1 Å². The van der Waals surface area contributed by atoms with Crippen LogP contribution in [0, 0.1) is 0 Å². The van der Waals surface area contributed by atoms with Gasteiger partial charge in [0, 0.05) is 0 Å². The fourth-order valence-corrected chi connectivity index (χ4v) is 1.83. The molecule has 1 aromatic heterocycles. The molecule has 1 aromatic carbocycles. The van der Waals surface area contributed by atoms with Gasteiger partial charge in [-0.25, -0.2) is 9.97 Å². The summed E-state index contributed by atoms with van der Waals surface area (Å²) in [5.41, 5.74) is 12.0. The van der Waals surface area contributed by atoms with Crippen molar-refractivity contribution >= 4 is 17.2 Å². The van der Waals surface area contributed by atoms with E-state index in [1.807, 2.05) is 23.2 Å². The zero-order valence-corrected chi connectivity index (χ0v) is 9.74. The van der Waals surface area contributed by atoms with Crippen molar-refractivity contribution in [1.29, 1.82) is 0 Å². The Morgan fingerprint density at radius 2 is 2.06 bits per heavy atom. The maximum atomic E-state index is 5.77. The quantitative estimate of drug-likeness (QED) is 0.854. The van der Waals surface area contributed by atoms with Gasteiger partial charge in [-0.05, 0) is 11.6 Å². The lowest BCUT2D eigenvalue weighted by Crippen LogP contribution is -2.35. The Morgan fingerprint density at radius 1 is 1.22 bits per heavy atom. The number of nitrogen functional groups attached to an aromatic ring is 1. The predicted molar refractivity (Wildman–Crippen MR) is 71.2 cm³/mol. The van der Waals surface area contributed by atoms with Gasteiger partial charge in [0.05, 0.1) is 18.4 Å². The predicted octanol–water partition coefficient (Wildman–Crippen LogP) is 1.74. The Labute approximate surface area is 105 Å². The van der Waals surface area contributed by atoms with Gasteiger partial charge in [-0.1, -0.05) is 30.3 Å². The lowest BCUT2D eigenvalue weighted by molar-refractivity contribution is 0.481. The highest BCUT2D eigenvalue weighted by Crippen LogP contribution is 2.27. The molecule has 0 saturated carbocycles. The van der Waals surface area contributed by atoms with Crippen molar-refractivity contribution in [1.82, 2.24) is 15.0 Å². The first kappa shape index (κ1) is 10.6. The van der Waals surface area contributed by atoms with E-state index in [1.165, 1.54) is 11.9 Å². The highest BCUT2D eigenvalue weighted by molar-refractivity contribution is 5.71. The molecule has 0 aliphatic carbocycles. The van der Waals surface area contributed by atoms with Gasteiger partial charge in [-0.3, -0.25) is 10.4 Å². The third-order valence-corrected chi connectivity index (χ3v) is 2.83. The molecule has 0 unspecified atom stereocenters. The van der Waals surface area contributed by atoms with Crippen LogP contribution in [0.3, 0.4) is 0 Å². The normalized spacial score (nSPS) is 13.8. The number of rotatable bonds is 3. The van der Waals surface area contributed by atoms with Gasteiger partial charge < -0.3 is 5.73 Å². The molecule has 18 heavy (non-hydrogen) atoms. The molecule has 3 rings (SSSR count). The highest BCUT2D eigenvalue weighted by atomic mass is 15.5. The van der Waals surface area contributed by atoms with Crippen LogP contribution in [0.4, 0.5) is 11.5 Å². The number of hydrazine groups is 1. The molecule has 0 fully saturated rings. The minimum atomic E-state index is 0.448. The maximum absolute atomic E-state index is 5.77. The van der Waals surface area contributed by atoms with Crippen LogP contribution in [-0.2, 0) is 0 Å². The summed E-state index contributed by atoms with van der Waals surface area (Å²) in [5.74, 6) is 0.448. The largest absolute Gasteiger partial charge is 0.382 e.